The van der Waals surface area contributed by atoms with Crippen LogP contribution in [0.4, 0.5) is 17.1 Å². The van der Waals surface area contributed by atoms with Gasteiger partial charge in [-0.15, -0.1) is 0 Å². The summed E-state index contributed by atoms with van der Waals surface area (Å²) in [4.78, 5) is 34.7. The summed E-state index contributed by atoms with van der Waals surface area (Å²) < 4.78 is 0. The minimum atomic E-state index is -1.13. The molecule has 29 heavy (non-hydrogen) atoms. The van der Waals surface area contributed by atoms with Gasteiger partial charge >= 0.3 is 5.97 Å². The summed E-state index contributed by atoms with van der Waals surface area (Å²) in [6.45, 7) is 1.71. The highest BCUT2D eigenvalue weighted by Crippen LogP contribution is 2.30. The van der Waals surface area contributed by atoms with Crippen LogP contribution >= 0.6 is 11.6 Å². The van der Waals surface area contributed by atoms with Crippen molar-refractivity contribution in [3.63, 3.8) is 0 Å². The lowest BCUT2D eigenvalue weighted by atomic mass is 9.96. The summed E-state index contributed by atoms with van der Waals surface area (Å²) in [5, 5.41) is 23.3. The molecule has 3 aromatic carbocycles. The molecule has 0 bridgehead atoms. The van der Waals surface area contributed by atoms with Crippen LogP contribution in [0.3, 0.4) is 0 Å². The Bertz CT molecular complexity index is 1140. The summed E-state index contributed by atoms with van der Waals surface area (Å²) in [5.41, 5.74) is 1.74. The topological polar surface area (TPSA) is 110 Å². The fraction of sp³-hybridized carbons (Fsp3) is 0.0476. The van der Waals surface area contributed by atoms with Crippen molar-refractivity contribution in [1.82, 2.24) is 0 Å². The Morgan fingerprint density at radius 3 is 2.41 bits per heavy atom. The van der Waals surface area contributed by atoms with Crippen LogP contribution in [-0.2, 0) is 0 Å². The Balaban J connectivity index is 1.93. The van der Waals surface area contributed by atoms with E-state index in [2.05, 4.69) is 5.32 Å². The Kier molecular flexibility index (Phi) is 5.61. The molecule has 3 rings (SSSR count). The Morgan fingerprint density at radius 2 is 1.76 bits per heavy atom. The van der Waals surface area contributed by atoms with Crippen molar-refractivity contribution in [1.29, 1.82) is 0 Å². The normalized spacial score (nSPS) is 10.4. The maximum Gasteiger partial charge on any atom is 0.335 e. The predicted octanol–water partition coefficient (Wildman–Crippen LogP) is 5.23. The molecule has 0 radical (unpaired) electrons. The number of nitro benzene ring substituents is 1. The molecule has 0 aliphatic heterocycles. The van der Waals surface area contributed by atoms with Crippen molar-refractivity contribution < 1.29 is 19.6 Å². The quantitative estimate of drug-likeness (QED) is 0.327. The van der Waals surface area contributed by atoms with Crippen LogP contribution in [0.5, 0.6) is 0 Å². The van der Waals surface area contributed by atoms with Crippen LogP contribution < -0.4 is 5.32 Å². The zero-order valence-corrected chi connectivity index (χ0v) is 15.9. The van der Waals surface area contributed by atoms with E-state index in [1.165, 1.54) is 30.3 Å². The Hall–Kier alpha value is -3.71. The number of halogens is 1. The molecule has 0 aromatic heterocycles. The maximum atomic E-state index is 12.9. The van der Waals surface area contributed by atoms with Gasteiger partial charge < -0.3 is 10.4 Å². The van der Waals surface area contributed by atoms with Crippen LogP contribution in [0.2, 0.25) is 5.02 Å². The summed E-state index contributed by atoms with van der Waals surface area (Å²) >= 11 is 6.29. The number of para-hydroxylation sites is 2. The number of carbonyl (C=O) groups excluding carboxylic acids is 1. The smallest absolute Gasteiger partial charge is 0.335 e. The third-order valence-corrected chi connectivity index (χ3v) is 4.64. The van der Waals surface area contributed by atoms with E-state index in [9.17, 15) is 19.7 Å². The number of carbonyl (C=O) groups is 2. The molecule has 2 N–H and O–H groups in total. The van der Waals surface area contributed by atoms with Crippen molar-refractivity contribution in [3.05, 3.63) is 98.1 Å². The van der Waals surface area contributed by atoms with E-state index in [1.807, 2.05) is 0 Å². The lowest BCUT2D eigenvalue weighted by Crippen LogP contribution is -2.07. The number of aryl methyl sites for hydroxylation is 1. The van der Waals surface area contributed by atoms with E-state index in [4.69, 9.17) is 16.7 Å². The van der Waals surface area contributed by atoms with Gasteiger partial charge in [-0.2, -0.15) is 0 Å². The van der Waals surface area contributed by atoms with Crippen molar-refractivity contribution >= 4 is 40.4 Å². The van der Waals surface area contributed by atoms with Crippen LogP contribution in [0.15, 0.2) is 60.7 Å². The molecule has 0 amide bonds. The number of carboxylic acid groups (broad SMARTS) is 1. The van der Waals surface area contributed by atoms with Crippen molar-refractivity contribution in [2.24, 2.45) is 0 Å². The number of nitro groups is 1. The minimum Gasteiger partial charge on any atom is -0.478 e. The third kappa shape index (κ3) is 4.25. The van der Waals surface area contributed by atoms with Gasteiger partial charge in [-0.3, -0.25) is 14.9 Å². The fourth-order valence-corrected chi connectivity index (χ4v) is 3.08. The number of hydrogen-bond donors (Lipinski definition) is 2. The third-order valence-electron chi connectivity index (χ3n) is 4.32. The molecule has 146 valence electrons. The molecule has 0 unspecified atom stereocenters. The molecule has 7 nitrogen and oxygen atoms in total. The molecular weight excluding hydrogens is 396 g/mol. The Morgan fingerprint density at radius 1 is 1.03 bits per heavy atom. The summed E-state index contributed by atoms with van der Waals surface area (Å²) in [7, 11) is 0. The fourth-order valence-electron chi connectivity index (χ4n) is 2.82. The lowest BCUT2D eigenvalue weighted by molar-refractivity contribution is -0.383. The van der Waals surface area contributed by atoms with Gasteiger partial charge in [-0.05, 0) is 48.9 Å². The van der Waals surface area contributed by atoms with Crippen LogP contribution in [0.25, 0.3) is 0 Å². The van der Waals surface area contributed by atoms with Gasteiger partial charge in [-0.1, -0.05) is 29.8 Å². The van der Waals surface area contributed by atoms with Crippen LogP contribution in [-0.4, -0.2) is 21.8 Å². The van der Waals surface area contributed by atoms with E-state index in [-0.39, 0.29) is 33.1 Å². The minimum absolute atomic E-state index is 0.00439. The molecular formula is C21H15ClN2O5. The summed E-state index contributed by atoms with van der Waals surface area (Å²) in [6.07, 6.45) is 0. The first kappa shape index (κ1) is 20.0. The highest BCUT2D eigenvalue weighted by molar-refractivity contribution is 6.35. The second-order valence-corrected chi connectivity index (χ2v) is 6.67. The number of ketones is 1. The number of nitrogens with zero attached hydrogens (tertiary/aromatic N) is 1. The van der Waals surface area contributed by atoms with E-state index in [0.29, 0.717) is 11.3 Å². The second-order valence-electron chi connectivity index (χ2n) is 6.26. The molecule has 0 aliphatic carbocycles. The van der Waals surface area contributed by atoms with Crippen molar-refractivity contribution in [2.45, 2.75) is 6.92 Å². The largest absolute Gasteiger partial charge is 0.478 e. The van der Waals surface area contributed by atoms with Gasteiger partial charge in [0.15, 0.2) is 5.78 Å². The predicted molar refractivity (Wildman–Crippen MR) is 109 cm³/mol. The number of hydrogen-bond acceptors (Lipinski definition) is 5. The number of benzene rings is 3. The number of aromatic carboxylic acids is 1. The first-order valence-electron chi connectivity index (χ1n) is 8.46. The molecule has 0 aliphatic rings. The van der Waals surface area contributed by atoms with Crippen molar-refractivity contribution in [3.8, 4) is 0 Å². The molecule has 0 saturated heterocycles. The van der Waals surface area contributed by atoms with Crippen LogP contribution in [0, 0.1) is 17.0 Å². The van der Waals surface area contributed by atoms with Gasteiger partial charge in [0.1, 0.15) is 5.69 Å². The van der Waals surface area contributed by atoms with E-state index < -0.39 is 16.7 Å². The summed E-state index contributed by atoms with van der Waals surface area (Å²) in [5.74, 6) is -1.54. The molecule has 0 saturated carbocycles. The average molecular weight is 411 g/mol. The number of rotatable bonds is 6. The second kappa shape index (κ2) is 8.12. The molecule has 0 spiro atoms. The first-order valence-corrected chi connectivity index (χ1v) is 8.84. The number of anilines is 2. The Labute approximate surface area is 170 Å². The SMILES string of the molecule is Cc1ccc(C(=O)O)cc1C(=O)c1ccc(Nc2ccccc2[N+](=O)[O-])cc1Cl. The molecule has 0 fully saturated rings. The molecule has 0 heterocycles. The molecule has 3 aromatic rings. The van der Waals surface area contributed by atoms with Crippen molar-refractivity contribution in [2.75, 3.05) is 5.32 Å². The number of nitrogens with one attached hydrogen (secondary N) is 1. The van der Waals surface area contributed by atoms with Gasteiger partial charge in [0.25, 0.3) is 5.69 Å². The van der Waals surface area contributed by atoms with E-state index >= 15 is 0 Å². The monoisotopic (exact) mass is 410 g/mol. The highest BCUT2D eigenvalue weighted by Gasteiger charge is 2.18. The molecule has 0 atom stereocenters. The standard InChI is InChI=1S/C21H15ClN2O5/c1-12-6-7-13(21(26)27)10-16(12)20(25)15-9-8-14(11-17(15)22)23-18-4-2-3-5-19(18)24(28)29/h2-11,23H,1H3,(H,26,27). The van der Waals surface area contributed by atoms with E-state index in [0.717, 1.165) is 0 Å². The van der Waals surface area contributed by atoms with Gasteiger partial charge in [0.05, 0.1) is 15.5 Å². The van der Waals surface area contributed by atoms with Gasteiger partial charge in [0.2, 0.25) is 0 Å². The number of carboxylic acids is 1. The zero-order valence-electron chi connectivity index (χ0n) is 15.2. The lowest BCUT2D eigenvalue weighted by Gasteiger charge is -2.11. The van der Waals surface area contributed by atoms with E-state index in [1.54, 1.807) is 37.3 Å². The van der Waals surface area contributed by atoms with Crippen LogP contribution in [0.1, 0.15) is 31.8 Å². The average Bonchev–Trinajstić information content (AvgIpc) is 2.68. The highest BCUT2D eigenvalue weighted by atomic mass is 35.5. The first-order chi connectivity index (χ1) is 13.8. The van der Waals surface area contributed by atoms with Gasteiger partial charge in [0, 0.05) is 22.9 Å². The summed E-state index contributed by atoms with van der Waals surface area (Å²) in [6, 6.07) is 15.0. The maximum absolute atomic E-state index is 12.9. The van der Waals surface area contributed by atoms with Gasteiger partial charge in [-0.25, -0.2) is 4.79 Å². The molecule has 8 heteroatoms. The zero-order chi connectivity index (χ0) is 21.1.